The minimum absolute atomic E-state index is 0.275. The Balaban J connectivity index is 1.38. The van der Waals surface area contributed by atoms with Gasteiger partial charge in [-0.15, -0.1) is 0 Å². The molecule has 0 bridgehead atoms. The molecule has 0 saturated carbocycles. The second-order valence-corrected chi connectivity index (χ2v) is 11.1. The number of H-pyrrole nitrogens is 1. The number of fused-ring (bicyclic) bond motifs is 4. The van der Waals surface area contributed by atoms with E-state index < -0.39 is 6.04 Å². The molecular formula is C34H35ClN4O5. The zero-order valence-electron chi connectivity index (χ0n) is 25.1. The molecule has 10 heteroatoms. The molecule has 0 saturated heterocycles. The summed E-state index contributed by atoms with van der Waals surface area (Å²) >= 11 is 6.19. The number of hydrogen-bond donors (Lipinski definition) is 2. The van der Waals surface area contributed by atoms with Crippen LogP contribution < -0.4 is 19.5 Å². The maximum absolute atomic E-state index is 13.4. The summed E-state index contributed by atoms with van der Waals surface area (Å²) in [5, 5.41) is 6.31. The predicted molar refractivity (Wildman–Crippen MR) is 172 cm³/mol. The fourth-order valence-electron chi connectivity index (χ4n) is 6.35. The third kappa shape index (κ3) is 5.37. The van der Waals surface area contributed by atoms with Gasteiger partial charge in [0.15, 0.2) is 11.5 Å². The monoisotopic (exact) mass is 614 g/mol. The van der Waals surface area contributed by atoms with Crippen LogP contribution in [-0.2, 0) is 16.0 Å². The molecule has 0 fully saturated rings. The Morgan fingerprint density at radius 3 is 2.50 bits per heavy atom. The summed E-state index contributed by atoms with van der Waals surface area (Å²) in [5.41, 5.74) is 5.88. The highest BCUT2D eigenvalue weighted by atomic mass is 35.5. The van der Waals surface area contributed by atoms with Crippen LogP contribution in [0.25, 0.3) is 21.8 Å². The first kappa shape index (κ1) is 29.6. The van der Waals surface area contributed by atoms with E-state index in [2.05, 4.69) is 32.3 Å². The van der Waals surface area contributed by atoms with E-state index in [1.807, 2.05) is 48.5 Å². The molecule has 44 heavy (non-hydrogen) atoms. The molecule has 0 unspecified atom stereocenters. The van der Waals surface area contributed by atoms with E-state index in [0.29, 0.717) is 41.8 Å². The first-order valence-electron chi connectivity index (χ1n) is 14.5. The van der Waals surface area contributed by atoms with Gasteiger partial charge in [0.1, 0.15) is 6.04 Å². The van der Waals surface area contributed by atoms with Crippen molar-refractivity contribution in [2.45, 2.75) is 24.9 Å². The number of aromatic nitrogens is 2. The van der Waals surface area contributed by atoms with Crippen molar-refractivity contribution in [2.75, 3.05) is 46.8 Å². The maximum atomic E-state index is 13.4. The van der Waals surface area contributed by atoms with Crippen LogP contribution in [0.2, 0.25) is 5.02 Å². The van der Waals surface area contributed by atoms with Crippen LogP contribution in [0.5, 0.6) is 17.2 Å². The number of para-hydroxylation sites is 1. The average Bonchev–Trinajstić information content (AvgIpc) is 3.43. The maximum Gasteiger partial charge on any atom is 0.323 e. The van der Waals surface area contributed by atoms with E-state index in [-0.39, 0.29) is 12.0 Å². The zero-order valence-corrected chi connectivity index (χ0v) is 25.9. The lowest BCUT2D eigenvalue weighted by Gasteiger charge is -2.41. The second-order valence-electron chi connectivity index (χ2n) is 10.7. The van der Waals surface area contributed by atoms with Crippen LogP contribution in [0.4, 0.5) is 5.69 Å². The molecule has 0 radical (unpaired) electrons. The van der Waals surface area contributed by atoms with Crippen molar-refractivity contribution in [1.29, 1.82) is 0 Å². The van der Waals surface area contributed by atoms with E-state index in [9.17, 15) is 4.79 Å². The molecule has 0 spiro atoms. The number of rotatable bonds is 10. The van der Waals surface area contributed by atoms with Gasteiger partial charge in [-0.25, -0.2) is 0 Å². The van der Waals surface area contributed by atoms with Crippen molar-refractivity contribution in [2.24, 2.45) is 0 Å². The Kier molecular flexibility index (Phi) is 8.50. The molecule has 0 aliphatic carbocycles. The van der Waals surface area contributed by atoms with Gasteiger partial charge >= 0.3 is 5.97 Å². The number of benzene rings is 3. The van der Waals surface area contributed by atoms with E-state index >= 15 is 0 Å². The highest BCUT2D eigenvalue weighted by Crippen LogP contribution is 2.46. The molecule has 3 heterocycles. The number of aromatic amines is 1. The number of anilines is 1. The van der Waals surface area contributed by atoms with Gasteiger partial charge in [-0.2, -0.15) is 0 Å². The molecule has 1 aliphatic rings. The van der Waals surface area contributed by atoms with E-state index in [1.165, 1.54) is 7.11 Å². The standard InChI is InChI=1S/C34H35ClN4O5/c1-41-29-16-20(17-30(42-2)33(29)43-3)32-31-24(22-8-5-6-9-26(22)38-31)19-28(34(40)44-4)39(32)15-7-13-36-25-12-14-37-27-18-21(35)10-11-23(25)27/h5-6,8-12,14,16-18,28,32,38H,7,13,15,19H2,1-4H3,(H,36,37)/t28-,32+/m1/s1. The first-order valence-corrected chi connectivity index (χ1v) is 14.9. The third-order valence-electron chi connectivity index (χ3n) is 8.34. The number of methoxy groups -OCH3 is 4. The summed E-state index contributed by atoms with van der Waals surface area (Å²) < 4.78 is 22.4. The molecule has 5 aromatic rings. The first-order chi connectivity index (χ1) is 21.5. The lowest BCUT2D eigenvalue weighted by Crippen LogP contribution is -2.49. The number of nitrogens with one attached hydrogen (secondary N) is 2. The Morgan fingerprint density at radius 2 is 1.77 bits per heavy atom. The molecule has 2 aromatic heterocycles. The van der Waals surface area contributed by atoms with Crippen LogP contribution in [0, 0.1) is 0 Å². The minimum Gasteiger partial charge on any atom is -0.493 e. The number of pyridine rings is 1. The molecule has 228 valence electrons. The number of halogens is 1. The number of nitrogens with zero attached hydrogens (tertiary/aromatic N) is 2. The Bertz CT molecular complexity index is 1800. The van der Waals surface area contributed by atoms with Gasteiger partial charge in [0.2, 0.25) is 5.75 Å². The van der Waals surface area contributed by atoms with Crippen molar-refractivity contribution in [3.63, 3.8) is 0 Å². The van der Waals surface area contributed by atoms with Crippen LogP contribution in [-0.4, -0.2) is 68.4 Å². The lowest BCUT2D eigenvalue weighted by molar-refractivity contribution is -0.148. The second kappa shape index (κ2) is 12.6. The molecule has 9 nitrogen and oxygen atoms in total. The zero-order chi connectivity index (χ0) is 30.8. The molecule has 3 aromatic carbocycles. The predicted octanol–water partition coefficient (Wildman–Crippen LogP) is 6.39. The highest BCUT2D eigenvalue weighted by Gasteiger charge is 2.41. The van der Waals surface area contributed by atoms with Crippen LogP contribution in [0.15, 0.2) is 66.9 Å². The summed E-state index contributed by atoms with van der Waals surface area (Å²) in [7, 11) is 6.24. The molecule has 0 amide bonds. The Labute approximate surface area is 261 Å². The number of carbonyl (C=O) groups is 1. The number of esters is 1. The molecule has 1 aliphatic heterocycles. The SMILES string of the molecule is COC(=O)[C@H]1Cc2c([nH]c3ccccc23)[C@H](c2cc(OC)c(OC)c(OC)c2)N1CCCNc1ccnc2cc(Cl)ccc12. The lowest BCUT2D eigenvalue weighted by atomic mass is 9.87. The van der Waals surface area contributed by atoms with Gasteiger partial charge in [0, 0.05) is 58.4 Å². The van der Waals surface area contributed by atoms with Crippen molar-refractivity contribution >= 4 is 45.1 Å². The van der Waals surface area contributed by atoms with Crippen molar-refractivity contribution in [1.82, 2.24) is 14.9 Å². The molecule has 2 atom stereocenters. The van der Waals surface area contributed by atoms with Crippen molar-refractivity contribution < 1.29 is 23.7 Å². The van der Waals surface area contributed by atoms with Crippen molar-refractivity contribution in [3.8, 4) is 17.2 Å². The number of carbonyl (C=O) groups excluding carboxylic acids is 1. The van der Waals surface area contributed by atoms with Gasteiger partial charge in [-0.1, -0.05) is 29.8 Å². The van der Waals surface area contributed by atoms with Gasteiger partial charge in [0.25, 0.3) is 0 Å². The Hall–Kier alpha value is -4.47. The van der Waals surface area contributed by atoms with Gasteiger partial charge in [0.05, 0.1) is 40.0 Å². The fraction of sp³-hybridized carbons (Fsp3) is 0.294. The number of ether oxygens (including phenoxy) is 4. The Morgan fingerprint density at radius 1 is 1.00 bits per heavy atom. The van der Waals surface area contributed by atoms with Crippen LogP contribution >= 0.6 is 11.6 Å². The molecule has 6 rings (SSSR count). The van der Waals surface area contributed by atoms with E-state index in [1.54, 1.807) is 27.5 Å². The largest absolute Gasteiger partial charge is 0.493 e. The summed E-state index contributed by atoms with van der Waals surface area (Å²) in [5.74, 6) is 1.33. The van der Waals surface area contributed by atoms with E-state index in [4.69, 9.17) is 30.5 Å². The normalized spacial score (nSPS) is 16.5. The average molecular weight is 615 g/mol. The highest BCUT2D eigenvalue weighted by molar-refractivity contribution is 6.31. The van der Waals surface area contributed by atoms with Crippen molar-refractivity contribution in [3.05, 3.63) is 88.7 Å². The topological polar surface area (TPSA) is 97.9 Å². The quantitative estimate of drug-likeness (QED) is 0.138. The van der Waals surface area contributed by atoms with Crippen LogP contribution in [0.3, 0.4) is 0 Å². The van der Waals surface area contributed by atoms with E-state index in [0.717, 1.165) is 50.7 Å². The summed E-state index contributed by atoms with van der Waals surface area (Å²) in [4.78, 5) is 23.8. The summed E-state index contributed by atoms with van der Waals surface area (Å²) in [6, 6.07) is 19.0. The molecular weight excluding hydrogens is 580 g/mol. The number of hydrogen-bond acceptors (Lipinski definition) is 8. The summed E-state index contributed by atoms with van der Waals surface area (Å²) in [6.45, 7) is 1.28. The van der Waals surface area contributed by atoms with Crippen LogP contribution in [0.1, 0.15) is 29.3 Å². The third-order valence-corrected chi connectivity index (χ3v) is 8.57. The fourth-order valence-corrected chi connectivity index (χ4v) is 6.51. The molecule has 2 N–H and O–H groups in total. The smallest absolute Gasteiger partial charge is 0.323 e. The summed E-state index contributed by atoms with van der Waals surface area (Å²) in [6.07, 6.45) is 3.05. The minimum atomic E-state index is -0.500. The van der Waals surface area contributed by atoms with Gasteiger partial charge in [-0.05, 0) is 60.0 Å². The van der Waals surface area contributed by atoms with Gasteiger partial charge < -0.3 is 29.2 Å². The van der Waals surface area contributed by atoms with Gasteiger partial charge in [-0.3, -0.25) is 14.7 Å².